The molecule has 3 aliphatic heterocycles. The Labute approximate surface area is 218 Å². The summed E-state index contributed by atoms with van der Waals surface area (Å²) in [5.74, 6) is 0.381. The lowest BCUT2D eigenvalue weighted by atomic mass is 9.93. The molecule has 4 rings (SSSR count). The van der Waals surface area contributed by atoms with Gasteiger partial charge in [-0.25, -0.2) is 0 Å². The van der Waals surface area contributed by atoms with Crippen molar-refractivity contribution in [1.82, 2.24) is 19.6 Å². The number of rotatable bonds is 5. The van der Waals surface area contributed by atoms with Crippen LogP contribution >= 0.6 is 0 Å². The number of carbonyl (C=O) groups is 2. The van der Waals surface area contributed by atoms with E-state index in [1.807, 2.05) is 24.0 Å². The maximum Gasteiger partial charge on any atom is 0.237 e. The van der Waals surface area contributed by atoms with Crippen molar-refractivity contribution in [3.05, 3.63) is 29.8 Å². The smallest absolute Gasteiger partial charge is 0.237 e. The highest BCUT2D eigenvalue weighted by Gasteiger charge is 2.34. The molecule has 200 valence electrons. The highest BCUT2D eigenvalue weighted by atomic mass is 16.2. The van der Waals surface area contributed by atoms with Gasteiger partial charge >= 0.3 is 0 Å². The molecule has 0 aromatic heterocycles. The summed E-state index contributed by atoms with van der Waals surface area (Å²) in [5, 5.41) is 0. The number of piperazine rings is 1. The Morgan fingerprint density at radius 3 is 2.33 bits per heavy atom. The number of anilines is 1. The first-order valence-electron chi connectivity index (χ1n) is 14.3. The third kappa shape index (κ3) is 6.29. The molecule has 0 radical (unpaired) electrons. The third-order valence-electron chi connectivity index (χ3n) is 8.59. The molecule has 2 atom stereocenters. The lowest BCUT2D eigenvalue weighted by Gasteiger charge is -2.44. The third-order valence-corrected chi connectivity index (χ3v) is 8.59. The van der Waals surface area contributed by atoms with Gasteiger partial charge in [0.25, 0.3) is 0 Å². The fraction of sp³-hybridized carbons (Fsp3) is 0.724. The van der Waals surface area contributed by atoms with Crippen LogP contribution in [0.25, 0.3) is 0 Å². The van der Waals surface area contributed by atoms with Gasteiger partial charge in [-0.2, -0.15) is 0 Å². The van der Waals surface area contributed by atoms with E-state index in [1.165, 1.54) is 12.8 Å². The zero-order valence-electron chi connectivity index (χ0n) is 23.0. The lowest BCUT2D eigenvalue weighted by molar-refractivity contribution is -0.135. The highest BCUT2D eigenvalue weighted by molar-refractivity contribution is 5.94. The zero-order valence-corrected chi connectivity index (χ0v) is 23.0. The Bertz CT molecular complexity index is 882. The SMILES string of the molecule is CCC(=O)N1CCC2CCCC(CN(C(=O)CN3CCN(C(C)C)CC3)Cc3ccccc31)N2CC. The normalized spacial score (nSPS) is 24.9. The zero-order chi connectivity index (χ0) is 25.7. The molecule has 1 aromatic rings. The van der Waals surface area contributed by atoms with Gasteiger partial charge in [-0.1, -0.05) is 38.5 Å². The predicted octanol–water partition coefficient (Wildman–Crippen LogP) is 3.43. The van der Waals surface area contributed by atoms with Crippen molar-refractivity contribution in [3.8, 4) is 0 Å². The number of para-hydroxylation sites is 1. The molecule has 36 heavy (non-hydrogen) atoms. The average molecular weight is 498 g/mol. The van der Waals surface area contributed by atoms with Crippen LogP contribution in [0.2, 0.25) is 0 Å². The van der Waals surface area contributed by atoms with Gasteiger partial charge in [0.05, 0.1) is 6.54 Å². The summed E-state index contributed by atoms with van der Waals surface area (Å²) in [5.41, 5.74) is 2.06. The van der Waals surface area contributed by atoms with Gasteiger partial charge in [-0.3, -0.25) is 24.3 Å². The molecule has 0 spiro atoms. The van der Waals surface area contributed by atoms with Crippen LogP contribution < -0.4 is 4.90 Å². The van der Waals surface area contributed by atoms with E-state index >= 15 is 0 Å². The minimum Gasteiger partial charge on any atom is -0.336 e. The van der Waals surface area contributed by atoms with E-state index in [0.717, 1.165) is 69.9 Å². The quantitative estimate of drug-likeness (QED) is 0.624. The van der Waals surface area contributed by atoms with Crippen molar-refractivity contribution in [2.24, 2.45) is 0 Å². The van der Waals surface area contributed by atoms with Crippen LogP contribution in [0.15, 0.2) is 24.3 Å². The second-order valence-electron chi connectivity index (χ2n) is 11.1. The predicted molar refractivity (Wildman–Crippen MR) is 146 cm³/mol. The first-order chi connectivity index (χ1) is 17.4. The molecule has 2 fully saturated rings. The molecule has 2 unspecified atom stereocenters. The number of likely N-dealkylation sites (N-methyl/N-ethyl adjacent to an activating group) is 1. The molecule has 3 aliphatic rings. The Kier molecular flexibility index (Phi) is 9.42. The van der Waals surface area contributed by atoms with Gasteiger partial charge in [-0.15, -0.1) is 0 Å². The van der Waals surface area contributed by atoms with Gasteiger partial charge in [0.15, 0.2) is 0 Å². The van der Waals surface area contributed by atoms with Gasteiger partial charge < -0.3 is 9.80 Å². The standard InChI is InChI=1S/C29H47N5O2/c1-5-28(35)34-15-14-25-11-9-12-26(33(25)6-2)21-32(20-24-10-7-8-13-27(24)34)29(36)22-30-16-18-31(19-17-30)23(3)4/h7-8,10,13,23,25-26H,5-6,9,11-12,14-22H2,1-4H3. The Balaban J connectivity index is 1.60. The van der Waals surface area contributed by atoms with Crippen molar-refractivity contribution in [2.45, 2.75) is 84.5 Å². The van der Waals surface area contributed by atoms with Gasteiger partial charge in [-0.05, 0) is 51.3 Å². The van der Waals surface area contributed by atoms with Gasteiger partial charge in [0.2, 0.25) is 11.8 Å². The molecule has 7 nitrogen and oxygen atoms in total. The number of hydrogen-bond acceptors (Lipinski definition) is 5. The lowest BCUT2D eigenvalue weighted by Crippen LogP contribution is -2.55. The number of hydrogen-bond donors (Lipinski definition) is 0. The first kappa shape index (κ1) is 27.1. The van der Waals surface area contributed by atoms with Crippen LogP contribution in [0, 0.1) is 0 Å². The Hall–Kier alpha value is -1.96. The second kappa shape index (κ2) is 12.5. The number of piperidine rings is 1. The summed E-state index contributed by atoms with van der Waals surface area (Å²) < 4.78 is 0. The molecule has 2 bridgehead atoms. The molecule has 1 aromatic carbocycles. The Morgan fingerprint density at radius 2 is 1.64 bits per heavy atom. The van der Waals surface area contributed by atoms with Gasteiger partial charge in [0.1, 0.15) is 0 Å². The molecule has 0 saturated carbocycles. The molecule has 0 N–H and O–H groups in total. The van der Waals surface area contributed by atoms with E-state index in [1.54, 1.807) is 0 Å². The van der Waals surface area contributed by atoms with Crippen molar-refractivity contribution < 1.29 is 9.59 Å². The molecule has 7 heteroatoms. The van der Waals surface area contributed by atoms with E-state index < -0.39 is 0 Å². The van der Waals surface area contributed by atoms with E-state index in [2.05, 4.69) is 52.5 Å². The maximum atomic E-state index is 13.8. The first-order valence-corrected chi connectivity index (χ1v) is 14.3. The van der Waals surface area contributed by atoms with Crippen molar-refractivity contribution >= 4 is 17.5 Å². The average Bonchev–Trinajstić information content (AvgIpc) is 2.90. The summed E-state index contributed by atoms with van der Waals surface area (Å²) in [6.07, 6.45) is 4.98. The van der Waals surface area contributed by atoms with E-state index in [9.17, 15) is 9.59 Å². The molecule has 2 amide bonds. The fourth-order valence-electron chi connectivity index (χ4n) is 6.44. The van der Waals surface area contributed by atoms with Crippen molar-refractivity contribution in [2.75, 3.05) is 57.3 Å². The van der Waals surface area contributed by atoms with Crippen LogP contribution in [0.1, 0.15) is 65.4 Å². The molecule has 0 aliphatic carbocycles. The van der Waals surface area contributed by atoms with Crippen molar-refractivity contribution in [1.29, 1.82) is 0 Å². The van der Waals surface area contributed by atoms with E-state index in [4.69, 9.17) is 0 Å². The van der Waals surface area contributed by atoms with Gasteiger partial charge in [0, 0.05) is 76.0 Å². The molecule has 3 heterocycles. The number of fused-ring (bicyclic) bond motifs is 3. The molecular formula is C29H47N5O2. The Morgan fingerprint density at radius 1 is 0.917 bits per heavy atom. The van der Waals surface area contributed by atoms with E-state index in [0.29, 0.717) is 37.6 Å². The molecular weight excluding hydrogens is 450 g/mol. The van der Waals surface area contributed by atoms with Crippen LogP contribution in [0.3, 0.4) is 0 Å². The highest BCUT2D eigenvalue weighted by Crippen LogP contribution is 2.30. The summed E-state index contributed by atoms with van der Waals surface area (Å²) in [6.45, 7) is 16.2. The number of amides is 2. The van der Waals surface area contributed by atoms with Crippen LogP contribution in [-0.2, 0) is 16.1 Å². The van der Waals surface area contributed by atoms with Crippen LogP contribution in [0.4, 0.5) is 5.69 Å². The van der Waals surface area contributed by atoms with E-state index in [-0.39, 0.29) is 11.8 Å². The van der Waals surface area contributed by atoms with Crippen LogP contribution in [-0.4, -0.2) is 102 Å². The summed E-state index contributed by atoms with van der Waals surface area (Å²) in [4.78, 5) is 38.4. The number of benzene rings is 1. The minimum absolute atomic E-state index is 0.165. The second-order valence-corrected chi connectivity index (χ2v) is 11.1. The number of carbonyl (C=O) groups excluding carboxylic acids is 2. The van der Waals surface area contributed by atoms with Crippen molar-refractivity contribution in [3.63, 3.8) is 0 Å². The largest absolute Gasteiger partial charge is 0.336 e. The fourth-order valence-corrected chi connectivity index (χ4v) is 6.44. The monoisotopic (exact) mass is 497 g/mol. The minimum atomic E-state index is 0.165. The van der Waals surface area contributed by atoms with Crippen LogP contribution in [0.5, 0.6) is 0 Å². The topological polar surface area (TPSA) is 50.3 Å². The maximum absolute atomic E-state index is 13.8. The summed E-state index contributed by atoms with van der Waals surface area (Å²) >= 11 is 0. The summed E-state index contributed by atoms with van der Waals surface area (Å²) in [6, 6.07) is 9.64. The molecule has 2 saturated heterocycles. The number of nitrogens with zero attached hydrogens (tertiary/aromatic N) is 5. The summed E-state index contributed by atoms with van der Waals surface area (Å²) in [7, 11) is 0.